The monoisotopic (exact) mass is 292 g/mol. The van der Waals surface area contributed by atoms with E-state index < -0.39 is 0 Å². The molecule has 2 N–H and O–H groups in total. The summed E-state index contributed by atoms with van der Waals surface area (Å²) in [6, 6.07) is 3.91. The largest absolute Gasteiger partial charge is 0.388 e. The summed E-state index contributed by atoms with van der Waals surface area (Å²) in [6.07, 6.45) is 2.69. The lowest BCUT2D eigenvalue weighted by Crippen LogP contribution is -2.33. The maximum Gasteiger partial charge on any atom is 0.219 e. The van der Waals surface area contributed by atoms with Crippen molar-refractivity contribution in [2.75, 3.05) is 26.2 Å². The van der Waals surface area contributed by atoms with Crippen LogP contribution in [0, 0.1) is 0 Å². The van der Waals surface area contributed by atoms with Gasteiger partial charge >= 0.3 is 0 Å². The minimum atomic E-state index is 0.150. The van der Waals surface area contributed by atoms with E-state index in [9.17, 15) is 4.79 Å². The second-order valence-corrected chi connectivity index (χ2v) is 5.45. The van der Waals surface area contributed by atoms with Gasteiger partial charge in [0.25, 0.3) is 0 Å². The number of amides is 1. The Morgan fingerprint density at radius 1 is 1.40 bits per heavy atom. The van der Waals surface area contributed by atoms with Crippen molar-refractivity contribution in [3.63, 3.8) is 0 Å². The number of pyridine rings is 1. The van der Waals surface area contributed by atoms with Crippen LogP contribution in [0.1, 0.15) is 24.6 Å². The number of nitrogens with two attached hydrogens (primary N) is 1. The second kappa shape index (κ2) is 6.76. The van der Waals surface area contributed by atoms with E-state index in [1.807, 2.05) is 17.0 Å². The maximum atomic E-state index is 11.4. The maximum absolute atomic E-state index is 11.4. The molecule has 2 heterocycles. The molecule has 0 aromatic carbocycles. The highest BCUT2D eigenvalue weighted by Crippen LogP contribution is 2.12. The summed E-state index contributed by atoms with van der Waals surface area (Å²) in [7, 11) is 0. The number of nitrogens with zero attached hydrogens (tertiary/aromatic N) is 3. The molecule has 1 amide bonds. The zero-order valence-electron chi connectivity index (χ0n) is 11.7. The number of hydrogen-bond acceptors (Lipinski definition) is 4. The van der Waals surface area contributed by atoms with Gasteiger partial charge in [-0.05, 0) is 18.1 Å². The molecule has 1 aromatic heterocycles. The summed E-state index contributed by atoms with van der Waals surface area (Å²) < 4.78 is 0. The molecule has 1 fully saturated rings. The van der Waals surface area contributed by atoms with Gasteiger partial charge in [0.2, 0.25) is 5.91 Å². The molecule has 2 rings (SSSR count). The van der Waals surface area contributed by atoms with Crippen LogP contribution in [0.3, 0.4) is 0 Å². The molecule has 6 heteroatoms. The number of aromatic nitrogens is 1. The molecule has 108 valence electrons. The summed E-state index contributed by atoms with van der Waals surface area (Å²) in [5.41, 5.74) is 7.47. The van der Waals surface area contributed by atoms with Gasteiger partial charge in [-0.3, -0.25) is 14.7 Å². The predicted octanol–water partition coefficient (Wildman–Crippen LogP) is 0.770. The average Bonchev–Trinajstić information content (AvgIpc) is 2.65. The molecule has 0 unspecified atom stereocenters. The lowest BCUT2D eigenvalue weighted by atomic mass is 10.1. The van der Waals surface area contributed by atoms with Crippen LogP contribution in [0.4, 0.5) is 0 Å². The molecule has 5 nitrogen and oxygen atoms in total. The lowest BCUT2D eigenvalue weighted by Gasteiger charge is -2.21. The molecule has 20 heavy (non-hydrogen) atoms. The number of carbonyl (C=O) groups is 1. The zero-order valence-corrected chi connectivity index (χ0v) is 12.5. The van der Waals surface area contributed by atoms with Crippen molar-refractivity contribution in [3.05, 3.63) is 29.6 Å². The van der Waals surface area contributed by atoms with Crippen molar-refractivity contribution in [2.24, 2.45) is 5.73 Å². The van der Waals surface area contributed by atoms with E-state index in [-0.39, 0.29) is 5.91 Å². The van der Waals surface area contributed by atoms with E-state index in [0.29, 0.717) is 10.7 Å². The van der Waals surface area contributed by atoms with E-state index in [2.05, 4.69) is 9.88 Å². The van der Waals surface area contributed by atoms with Gasteiger partial charge in [0.1, 0.15) is 10.7 Å². The van der Waals surface area contributed by atoms with Gasteiger partial charge in [-0.2, -0.15) is 0 Å². The van der Waals surface area contributed by atoms with E-state index in [1.54, 1.807) is 13.1 Å². The third kappa shape index (κ3) is 3.74. The number of carbonyl (C=O) groups excluding carboxylic acids is 1. The molecule has 1 aliphatic heterocycles. The Kier molecular flexibility index (Phi) is 5.03. The molecule has 0 atom stereocenters. The fraction of sp³-hybridized carbons (Fsp3) is 0.500. The topological polar surface area (TPSA) is 62.5 Å². The first kappa shape index (κ1) is 14.9. The van der Waals surface area contributed by atoms with Crippen molar-refractivity contribution < 1.29 is 4.79 Å². The summed E-state index contributed by atoms with van der Waals surface area (Å²) in [4.78, 5) is 20.2. The van der Waals surface area contributed by atoms with Crippen LogP contribution in [-0.4, -0.2) is 51.9 Å². The lowest BCUT2D eigenvalue weighted by molar-refractivity contribution is -0.128. The molecule has 1 aliphatic rings. The summed E-state index contributed by atoms with van der Waals surface area (Å²) >= 11 is 5.04. The van der Waals surface area contributed by atoms with Crippen LogP contribution in [-0.2, 0) is 11.3 Å². The van der Waals surface area contributed by atoms with Gasteiger partial charge in [0, 0.05) is 45.8 Å². The molecule has 1 saturated heterocycles. The Bertz CT molecular complexity index is 506. The smallest absolute Gasteiger partial charge is 0.219 e. The number of hydrogen-bond donors (Lipinski definition) is 1. The summed E-state index contributed by atoms with van der Waals surface area (Å²) in [6.45, 7) is 5.84. The number of thiocarbonyl (C=S) groups is 1. The quantitative estimate of drug-likeness (QED) is 0.834. The molecule has 0 radical (unpaired) electrons. The van der Waals surface area contributed by atoms with Crippen molar-refractivity contribution in [1.82, 2.24) is 14.8 Å². The highest BCUT2D eigenvalue weighted by molar-refractivity contribution is 7.80. The van der Waals surface area contributed by atoms with Crippen molar-refractivity contribution in [2.45, 2.75) is 19.9 Å². The van der Waals surface area contributed by atoms with E-state index in [1.165, 1.54) is 0 Å². The van der Waals surface area contributed by atoms with Crippen LogP contribution >= 0.6 is 12.2 Å². The van der Waals surface area contributed by atoms with E-state index in [4.69, 9.17) is 18.0 Å². The van der Waals surface area contributed by atoms with Gasteiger partial charge in [0.05, 0.1) is 0 Å². The van der Waals surface area contributed by atoms with Crippen molar-refractivity contribution in [3.8, 4) is 0 Å². The van der Waals surface area contributed by atoms with Crippen LogP contribution < -0.4 is 5.73 Å². The van der Waals surface area contributed by atoms with Crippen LogP contribution in [0.15, 0.2) is 18.3 Å². The predicted molar refractivity (Wildman–Crippen MR) is 82.3 cm³/mol. The molecule has 0 bridgehead atoms. The Labute approximate surface area is 124 Å². The summed E-state index contributed by atoms with van der Waals surface area (Å²) in [5, 5.41) is 0. The first-order valence-electron chi connectivity index (χ1n) is 6.79. The van der Waals surface area contributed by atoms with Gasteiger partial charge in [-0.25, -0.2) is 0 Å². The molecule has 1 aromatic rings. The Hall–Kier alpha value is -1.53. The minimum absolute atomic E-state index is 0.150. The van der Waals surface area contributed by atoms with E-state index in [0.717, 1.165) is 44.7 Å². The van der Waals surface area contributed by atoms with Crippen molar-refractivity contribution in [1.29, 1.82) is 0 Å². The average molecular weight is 292 g/mol. The Morgan fingerprint density at radius 3 is 2.90 bits per heavy atom. The third-order valence-electron chi connectivity index (χ3n) is 3.55. The number of rotatable bonds is 3. The summed E-state index contributed by atoms with van der Waals surface area (Å²) in [5.74, 6) is 0.150. The Morgan fingerprint density at radius 2 is 2.20 bits per heavy atom. The normalized spacial score (nSPS) is 16.8. The van der Waals surface area contributed by atoms with Gasteiger partial charge in [-0.15, -0.1) is 0 Å². The first-order valence-corrected chi connectivity index (χ1v) is 7.20. The van der Waals surface area contributed by atoms with Crippen LogP contribution in [0.25, 0.3) is 0 Å². The van der Waals surface area contributed by atoms with Crippen LogP contribution in [0.5, 0.6) is 0 Å². The van der Waals surface area contributed by atoms with Gasteiger partial charge in [-0.1, -0.05) is 18.3 Å². The standard InChI is InChI=1S/C14H20N4OS/c1-11(19)18-7-3-6-17(8-9-18)10-12-4-2-5-16-13(12)14(15)20/h2,4-5H,3,6-10H2,1H3,(H2,15,20). The van der Waals surface area contributed by atoms with Crippen LogP contribution in [0.2, 0.25) is 0 Å². The van der Waals surface area contributed by atoms with Crippen molar-refractivity contribution >= 4 is 23.1 Å². The first-order chi connectivity index (χ1) is 9.58. The minimum Gasteiger partial charge on any atom is -0.388 e. The SMILES string of the molecule is CC(=O)N1CCCN(Cc2cccnc2C(N)=S)CC1. The molecule has 0 saturated carbocycles. The molecule has 0 spiro atoms. The zero-order chi connectivity index (χ0) is 14.5. The molecule has 0 aliphatic carbocycles. The Balaban J connectivity index is 2.04. The van der Waals surface area contributed by atoms with Gasteiger partial charge in [0.15, 0.2) is 0 Å². The third-order valence-corrected chi connectivity index (χ3v) is 3.75. The molecular formula is C14H20N4OS. The highest BCUT2D eigenvalue weighted by Gasteiger charge is 2.17. The van der Waals surface area contributed by atoms with Gasteiger partial charge < -0.3 is 10.6 Å². The van der Waals surface area contributed by atoms with E-state index >= 15 is 0 Å². The second-order valence-electron chi connectivity index (χ2n) is 5.01. The fourth-order valence-electron chi connectivity index (χ4n) is 2.47. The molecular weight excluding hydrogens is 272 g/mol. The fourth-order valence-corrected chi connectivity index (χ4v) is 2.66. The highest BCUT2D eigenvalue weighted by atomic mass is 32.1.